The highest BCUT2D eigenvalue weighted by molar-refractivity contribution is 7.15. The summed E-state index contributed by atoms with van der Waals surface area (Å²) in [6.45, 7) is 6.76. The fourth-order valence-electron chi connectivity index (χ4n) is 3.28. The Kier molecular flexibility index (Phi) is 10.5. The highest BCUT2D eigenvalue weighted by atomic mass is 35.5. The van der Waals surface area contributed by atoms with Gasteiger partial charge in [0.25, 0.3) is 5.91 Å². The van der Waals surface area contributed by atoms with Gasteiger partial charge in [0, 0.05) is 11.9 Å². The van der Waals surface area contributed by atoms with Crippen LogP contribution in [0.3, 0.4) is 0 Å². The molecule has 0 spiro atoms. The van der Waals surface area contributed by atoms with Gasteiger partial charge in [-0.3, -0.25) is 14.4 Å². The third kappa shape index (κ3) is 8.14. The van der Waals surface area contributed by atoms with Crippen molar-refractivity contribution in [1.82, 2.24) is 5.32 Å². The molecule has 0 aliphatic carbocycles. The summed E-state index contributed by atoms with van der Waals surface area (Å²) in [6.07, 6.45) is 0.449. The topological polar surface area (TPSA) is 111 Å². The summed E-state index contributed by atoms with van der Waals surface area (Å²) in [5, 5.41) is 7.87. The maximum atomic E-state index is 12.5. The maximum Gasteiger partial charge on any atom is 0.341 e. The zero-order chi connectivity index (χ0) is 25.3. The number of carbonyl (C=O) groups is 4. The highest BCUT2D eigenvalue weighted by Crippen LogP contribution is 2.31. The number of hydrogen-bond acceptors (Lipinski definition) is 7. The van der Waals surface area contributed by atoms with E-state index in [9.17, 15) is 19.2 Å². The third-order valence-corrected chi connectivity index (χ3v) is 5.91. The lowest BCUT2D eigenvalue weighted by Gasteiger charge is -2.18. The van der Waals surface area contributed by atoms with Crippen LogP contribution >= 0.6 is 22.9 Å². The lowest BCUT2D eigenvalue weighted by Crippen LogP contribution is -2.30. The Labute approximate surface area is 208 Å². The summed E-state index contributed by atoms with van der Waals surface area (Å²) in [7, 11) is 0. The number of ether oxygens (including phenoxy) is 2. The first-order chi connectivity index (χ1) is 16.1. The number of carbonyl (C=O) groups excluding carboxylic acids is 4. The van der Waals surface area contributed by atoms with Crippen molar-refractivity contribution in [3.8, 4) is 0 Å². The van der Waals surface area contributed by atoms with E-state index in [0.29, 0.717) is 33.5 Å². The van der Waals surface area contributed by atoms with Crippen LogP contribution in [-0.4, -0.2) is 37.0 Å². The van der Waals surface area contributed by atoms with E-state index in [1.807, 2.05) is 19.2 Å². The molecule has 2 N–H and O–H groups in total. The molecule has 10 heteroatoms. The molecule has 2 aromatic rings. The molecular weight excluding hydrogens is 480 g/mol. The van der Waals surface area contributed by atoms with E-state index in [-0.39, 0.29) is 18.9 Å². The molecule has 1 aromatic carbocycles. The van der Waals surface area contributed by atoms with Gasteiger partial charge in [-0.2, -0.15) is 0 Å². The van der Waals surface area contributed by atoms with Gasteiger partial charge in [0.15, 0.2) is 6.61 Å². The first kappa shape index (κ1) is 27.3. The Morgan fingerprint density at radius 2 is 1.82 bits per heavy atom. The van der Waals surface area contributed by atoms with Crippen molar-refractivity contribution < 1.29 is 28.7 Å². The number of rotatable bonds is 11. The number of halogens is 1. The van der Waals surface area contributed by atoms with E-state index < -0.39 is 30.5 Å². The highest BCUT2D eigenvalue weighted by Gasteiger charge is 2.24. The standard InChI is InChI=1S/C24H29ClN2O6S/c1-5-32-24(31)22-16(10-14(2)3)13-34-23(22)27-20(29)12-33-21(30)11-19(26-15(4)28)17-8-6-7-9-18(17)25/h6-9,13-14,19H,5,10-12H2,1-4H3,(H,26,28)(H,27,29). The van der Waals surface area contributed by atoms with E-state index in [4.69, 9.17) is 21.1 Å². The molecule has 0 fully saturated rings. The number of benzene rings is 1. The van der Waals surface area contributed by atoms with Gasteiger partial charge in [-0.25, -0.2) is 4.79 Å². The third-order valence-electron chi connectivity index (χ3n) is 4.62. The summed E-state index contributed by atoms with van der Waals surface area (Å²) in [5.74, 6) is -1.82. The van der Waals surface area contributed by atoms with Gasteiger partial charge in [-0.05, 0) is 41.8 Å². The molecule has 34 heavy (non-hydrogen) atoms. The van der Waals surface area contributed by atoms with Gasteiger partial charge in [-0.1, -0.05) is 43.6 Å². The van der Waals surface area contributed by atoms with Crippen LogP contribution in [0.25, 0.3) is 0 Å². The Morgan fingerprint density at radius 3 is 2.44 bits per heavy atom. The molecule has 1 atom stereocenters. The molecule has 0 saturated heterocycles. The number of esters is 2. The lowest BCUT2D eigenvalue weighted by atomic mass is 10.0. The maximum absolute atomic E-state index is 12.5. The Hall–Kier alpha value is -2.91. The Morgan fingerprint density at radius 1 is 1.12 bits per heavy atom. The quantitative estimate of drug-likeness (QED) is 0.431. The van der Waals surface area contributed by atoms with Crippen molar-refractivity contribution in [3.63, 3.8) is 0 Å². The molecule has 0 aliphatic heterocycles. The van der Waals surface area contributed by atoms with Crippen LogP contribution in [0.15, 0.2) is 29.6 Å². The number of anilines is 1. The second-order valence-electron chi connectivity index (χ2n) is 7.97. The predicted molar refractivity (Wildman–Crippen MR) is 131 cm³/mol. The summed E-state index contributed by atoms with van der Waals surface area (Å²) >= 11 is 7.41. The van der Waals surface area contributed by atoms with E-state index in [0.717, 1.165) is 5.56 Å². The molecular formula is C24H29ClN2O6S. The number of nitrogens with one attached hydrogen (secondary N) is 2. The molecule has 8 nitrogen and oxygen atoms in total. The first-order valence-electron chi connectivity index (χ1n) is 10.9. The van der Waals surface area contributed by atoms with Gasteiger partial charge in [0.1, 0.15) is 5.00 Å². The normalized spacial score (nSPS) is 11.6. The Bertz CT molecular complexity index is 1040. The minimum atomic E-state index is -0.701. The molecule has 0 aliphatic rings. The number of hydrogen-bond donors (Lipinski definition) is 2. The number of thiophene rings is 1. The lowest BCUT2D eigenvalue weighted by molar-refractivity contribution is -0.148. The molecule has 2 amide bonds. The summed E-state index contributed by atoms with van der Waals surface area (Å²) in [6, 6.07) is 6.13. The van der Waals surface area contributed by atoms with Gasteiger partial charge >= 0.3 is 11.9 Å². The van der Waals surface area contributed by atoms with Crippen LogP contribution in [-0.2, 0) is 30.3 Å². The molecule has 2 rings (SSSR count). The summed E-state index contributed by atoms with van der Waals surface area (Å²) in [4.78, 5) is 48.9. The van der Waals surface area contributed by atoms with E-state index in [1.54, 1.807) is 31.2 Å². The fraction of sp³-hybridized carbons (Fsp3) is 0.417. The molecule has 0 radical (unpaired) electrons. The minimum absolute atomic E-state index is 0.206. The second-order valence-corrected chi connectivity index (χ2v) is 9.26. The average molecular weight is 509 g/mol. The van der Waals surface area contributed by atoms with Gasteiger partial charge in [0.05, 0.1) is 24.6 Å². The molecule has 184 valence electrons. The van der Waals surface area contributed by atoms with Crippen molar-refractivity contribution in [2.24, 2.45) is 5.92 Å². The molecule has 0 saturated carbocycles. The SMILES string of the molecule is CCOC(=O)c1c(CC(C)C)csc1NC(=O)COC(=O)CC(NC(C)=O)c1ccccc1Cl. The van der Waals surface area contributed by atoms with E-state index in [1.165, 1.54) is 18.3 Å². The molecule has 1 unspecified atom stereocenters. The average Bonchev–Trinajstić information content (AvgIpc) is 3.13. The summed E-state index contributed by atoms with van der Waals surface area (Å²) in [5.41, 5.74) is 1.68. The Balaban J connectivity index is 2.03. The van der Waals surface area contributed by atoms with Crippen molar-refractivity contribution in [2.75, 3.05) is 18.5 Å². The zero-order valence-electron chi connectivity index (χ0n) is 19.6. The smallest absolute Gasteiger partial charge is 0.341 e. The van der Waals surface area contributed by atoms with Crippen LogP contribution in [0, 0.1) is 5.92 Å². The van der Waals surface area contributed by atoms with Gasteiger partial charge in [-0.15, -0.1) is 11.3 Å². The zero-order valence-corrected chi connectivity index (χ0v) is 21.2. The van der Waals surface area contributed by atoms with E-state index >= 15 is 0 Å². The van der Waals surface area contributed by atoms with Crippen LogP contribution in [0.4, 0.5) is 5.00 Å². The van der Waals surface area contributed by atoms with Crippen molar-refractivity contribution >= 4 is 51.7 Å². The van der Waals surface area contributed by atoms with Crippen molar-refractivity contribution in [2.45, 2.75) is 46.6 Å². The molecule has 1 heterocycles. The monoisotopic (exact) mass is 508 g/mol. The van der Waals surface area contributed by atoms with Gasteiger partial charge in [0.2, 0.25) is 5.91 Å². The largest absolute Gasteiger partial charge is 0.462 e. The van der Waals surface area contributed by atoms with Crippen LogP contribution in [0.5, 0.6) is 0 Å². The molecule has 0 bridgehead atoms. The molecule has 1 aromatic heterocycles. The van der Waals surface area contributed by atoms with Crippen LogP contribution in [0.1, 0.15) is 61.6 Å². The first-order valence-corrected chi connectivity index (χ1v) is 12.1. The van der Waals surface area contributed by atoms with Crippen LogP contribution < -0.4 is 10.6 Å². The minimum Gasteiger partial charge on any atom is -0.462 e. The van der Waals surface area contributed by atoms with Gasteiger partial charge < -0.3 is 20.1 Å². The van der Waals surface area contributed by atoms with Crippen molar-refractivity contribution in [1.29, 1.82) is 0 Å². The number of amides is 2. The fourth-order valence-corrected chi connectivity index (χ4v) is 4.53. The predicted octanol–water partition coefficient (Wildman–Crippen LogP) is 4.53. The van der Waals surface area contributed by atoms with Crippen LogP contribution in [0.2, 0.25) is 5.02 Å². The second kappa shape index (κ2) is 13.1. The van der Waals surface area contributed by atoms with Crippen molar-refractivity contribution in [3.05, 3.63) is 51.4 Å². The summed E-state index contributed by atoms with van der Waals surface area (Å²) < 4.78 is 10.3. The van der Waals surface area contributed by atoms with E-state index in [2.05, 4.69) is 10.6 Å².